The standard InChI is InChI=1S/C17H26N2O2/c1-11(2)10-21-15-9-14(17(15,3)4)19-13-7-5-6-12(8-13)16(18)20/h5-8,11,14-15,19H,9-10H2,1-4H3,(H2,18,20). The lowest BCUT2D eigenvalue weighted by Crippen LogP contribution is -2.58. The monoisotopic (exact) mass is 290 g/mol. The molecule has 2 rings (SSSR count). The molecule has 0 aromatic heterocycles. The van der Waals surface area contributed by atoms with E-state index in [4.69, 9.17) is 10.5 Å². The molecule has 21 heavy (non-hydrogen) atoms. The topological polar surface area (TPSA) is 64.3 Å². The van der Waals surface area contributed by atoms with Crippen molar-refractivity contribution < 1.29 is 9.53 Å². The van der Waals surface area contributed by atoms with Crippen LogP contribution >= 0.6 is 0 Å². The third-order valence-corrected chi connectivity index (χ3v) is 4.30. The van der Waals surface area contributed by atoms with Crippen molar-refractivity contribution in [3.63, 3.8) is 0 Å². The molecule has 1 saturated carbocycles. The molecule has 4 nitrogen and oxygen atoms in total. The second kappa shape index (κ2) is 6.06. The van der Waals surface area contributed by atoms with Crippen molar-refractivity contribution in [2.24, 2.45) is 17.1 Å². The Kier molecular flexibility index (Phi) is 4.57. The number of hydrogen-bond donors (Lipinski definition) is 2. The van der Waals surface area contributed by atoms with Gasteiger partial charge in [0.05, 0.1) is 6.10 Å². The maximum atomic E-state index is 11.2. The predicted molar refractivity (Wildman–Crippen MR) is 85.3 cm³/mol. The molecule has 0 radical (unpaired) electrons. The van der Waals surface area contributed by atoms with E-state index in [1.807, 2.05) is 12.1 Å². The van der Waals surface area contributed by atoms with Gasteiger partial charge in [-0.3, -0.25) is 4.79 Å². The van der Waals surface area contributed by atoms with Crippen LogP contribution in [0.4, 0.5) is 5.69 Å². The highest BCUT2D eigenvalue weighted by Crippen LogP contribution is 2.44. The van der Waals surface area contributed by atoms with Gasteiger partial charge in [0, 0.05) is 29.3 Å². The number of nitrogens with two attached hydrogens (primary N) is 1. The van der Waals surface area contributed by atoms with E-state index >= 15 is 0 Å². The Labute approximate surface area is 127 Å². The van der Waals surface area contributed by atoms with Crippen molar-refractivity contribution in [2.45, 2.75) is 46.3 Å². The van der Waals surface area contributed by atoms with Gasteiger partial charge in [-0.1, -0.05) is 33.8 Å². The van der Waals surface area contributed by atoms with Crippen molar-refractivity contribution in [1.29, 1.82) is 0 Å². The summed E-state index contributed by atoms with van der Waals surface area (Å²) in [7, 11) is 0. The van der Waals surface area contributed by atoms with E-state index in [0.717, 1.165) is 18.7 Å². The molecule has 1 aromatic rings. The Balaban J connectivity index is 1.96. The van der Waals surface area contributed by atoms with E-state index in [1.54, 1.807) is 12.1 Å². The van der Waals surface area contributed by atoms with Crippen LogP contribution in [0.3, 0.4) is 0 Å². The summed E-state index contributed by atoms with van der Waals surface area (Å²) in [5.74, 6) is 0.157. The summed E-state index contributed by atoms with van der Waals surface area (Å²) in [6.45, 7) is 9.57. The normalized spacial score (nSPS) is 23.7. The Morgan fingerprint density at radius 3 is 2.76 bits per heavy atom. The predicted octanol–water partition coefficient (Wildman–Crippen LogP) is 3.04. The van der Waals surface area contributed by atoms with E-state index in [9.17, 15) is 4.79 Å². The zero-order valence-corrected chi connectivity index (χ0v) is 13.3. The average Bonchev–Trinajstić information content (AvgIpc) is 2.42. The minimum Gasteiger partial charge on any atom is -0.382 e. The fraction of sp³-hybridized carbons (Fsp3) is 0.588. The largest absolute Gasteiger partial charge is 0.382 e. The first-order valence-electron chi connectivity index (χ1n) is 7.58. The van der Waals surface area contributed by atoms with Gasteiger partial charge in [-0.25, -0.2) is 0 Å². The van der Waals surface area contributed by atoms with Gasteiger partial charge < -0.3 is 15.8 Å². The van der Waals surface area contributed by atoms with Crippen molar-refractivity contribution in [3.8, 4) is 0 Å². The minimum absolute atomic E-state index is 0.0810. The molecule has 1 aromatic carbocycles. The molecule has 1 aliphatic carbocycles. The Bertz CT molecular complexity index is 511. The summed E-state index contributed by atoms with van der Waals surface area (Å²) < 4.78 is 5.97. The van der Waals surface area contributed by atoms with Crippen molar-refractivity contribution in [3.05, 3.63) is 29.8 Å². The fourth-order valence-electron chi connectivity index (χ4n) is 2.69. The summed E-state index contributed by atoms with van der Waals surface area (Å²) in [6.07, 6.45) is 1.28. The SMILES string of the molecule is CC(C)COC1CC(Nc2cccc(C(N)=O)c2)C1(C)C. The van der Waals surface area contributed by atoms with Gasteiger partial charge in [-0.2, -0.15) is 0 Å². The van der Waals surface area contributed by atoms with Gasteiger partial charge in [0.25, 0.3) is 0 Å². The third-order valence-electron chi connectivity index (χ3n) is 4.30. The van der Waals surface area contributed by atoms with Gasteiger partial charge >= 0.3 is 0 Å². The average molecular weight is 290 g/mol. The molecule has 3 N–H and O–H groups in total. The van der Waals surface area contributed by atoms with Gasteiger partial charge in [-0.15, -0.1) is 0 Å². The fourth-order valence-corrected chi connectivity index (χ4v) is 2.69. The van der Waals surface area contributed by atoms with Gasteiger partial charge in [0.2, 0.25) is 5.91 Å². The highest BCUT2D eigenvalue weighted by molar-refractivity contribution is 5.93. The molecule has 2 atom stereocenters. The van der Waals surface area contributed by atoms with E-state index in [2.05, 4.69) is 33.0 Å². The summed E-state index contributed by atoms with van der Waals surface area (Å²) >= 11 is 0. The molecule has 2 unspecified atom stereocenters. The lowest BCUT2D eigenvalue weighted by molar-refractivity contribution is -0.108. The van der Waals surface area contributed by atoms with Crippen LogP contribution in [-0.4, -0.2) is 24.7 Å². The summed E-state index contributed by atoms with van der Waals surface area (Å²) in [6, 6.07) is 7.69. The van der Waals surface area contributed by atoms with Crippen LogP contribution in [0.15, 0.2) is 24.3 Å². The van der Waals surface area contributed by atoms with Gasteiger partial charge in [0.1, 0.15) is 0 Å². The Hall–Kier alpha value is -1.55. The number of carbonyl (C=O) groups excluding carboxylic acids is 1. The lowest BCUT2D eigenvalue weighted by Gasteiger charge is -2.52. The second-order valence-corrected chi connectivity index (χ2v) is 6.91. The van der Waals surface area contributed by atoms with E-state index in [0.29, 0.717) is 17.5 Å². The molecule has 0 saturated heterocycles. The molecule has 0 bridgehead atoms. The maximum absolute atomic E-state index is 11.2. The number of anilines is 1. The highest BCUT2D eigenvalue weighted by Gasteiger charge is 2.49. The molecule has 1 fully saturated rings. The quantitative estimate of drug-likeness (QED) is 0.846. The number of amides is 1. The van der Waals surface area contributed by atoms with Crippen LogP contribution in [0.2, 0.25) is 0 Å². The van der Waals surface area contributed by atoms with Crippen molar-refractivity contribution in [1.82, 2.24) is 0 Å². The molecule has 4 heteroatoms. The smallest absolute Gasteiger partial charge is 0.248 e. The molecular formula is C17H26N2O2. The maximum Gasteiger partial charge on any atom is 0.248 e. The van der Waals surface area contributed by atoms with E-state index < -0.39 is 5.91 Å². The Morgan fingerprint density at radius 1 is 1.48 bits per heavy atom. The number of ether oxygens (including phenoxy) is 1. The molecule has 1 aliphatic rings. The minimum atomic E-state index is -0.398. The van der Waals surface area contributed by atoms with Crippen LogP contribution in [-0.2, 0) is 4.74 Å². The summed E-state index contributed by atoms with van der Waals surface area (Å²) in [5.41, 5.74) is 6.87. The van der Waals surface area contributed by atoms with Crippen LogP contribution in [0.1, 0.15) is 44.5 Å². The zero-order chi connectivity index (χ0) is 15.6. The highest BCUT2D eigenvalue weighted by atomic mass is 16.5. The number of carbonyl (C=O) groups is 1. The van der Waals surface area contributed by atoms with E-state index in [1.165, 1.54) is 0 Å². The van der Waals surface area contributed by atoms with Crippen LogP contribution in [0, 0.1) is 11.3 Å². The van der Waals surface area contributed by atoms with Crippen LogP contribution in [0.5, 0.6) is 0 Å². The van der Waals surface area contributed by atoms with E-state index in [-0.39, 0.29) is 11.5 Å². The van der Waals surface area contributed by atoms with Gasteiger partial charge in [0.15, 0.2) is 0 Å². The van der Waals surface area contributed by atoms with Gasteiger partial charge in [-0.05, 0) is 30.5 Å². The molecule has 1 amide bonds. The number of primary amides is 1. The molecule has 0 aliphatic heterocycles. The van der Waals surface area contributed by atoms with Crippen molar-refractivity contribution >= 4 is 11.6 Å². The first-order chi connectivity index (χ1) is 9.80. The molecule has 0 spiro atoms. The summed E-state index contributed by atoms with van der Waals surface area (Å²) in [4.78, 5) is 11.2. The lowest BCUT2D eigenvalue weighted by atomic mass is 9.64. The number of rotatable bonds is 6. The Morgan fingerprint density at radius 2 is 2.19 bits per heavy atom. The number of nitrogens with one attached hydrogen (secondary N) is 1. The number of benzene rings is 1. The van der Waals surface area contributed by atoms with Crippen LogP contribution in [0.25, 0.3) is 0 Å². The van der Waals surface area contributed by atoms with Crippen molar-refractivity contribution in [2.75, 3.05) is 11.9 Å². The first kappa shape index (κ1) is 15.8. The number of hydrogen-bond acceptors (Lipinski definition) is 3. The summed E-state index contributed by atoms with van der Waals surface area (Å²) in [5, 5.41) is 3.49. The zero-order valence-electron chi connectivity index (χ0n) is 13.3. The first-order valence-corrected chi connectivity index (χ1v) is 7.58. The molecule has 116 valence electrons. The van der Waals surface area contributed by atoms with Crippen LogP contribution < -0.4 is 11.1 Å². The molecular weight excluding hydrogens is 264 g/mol. The second-order valence-electron chi connectivity index (χ2n) is 6.91. The molecule has 0 heterocycles. The third kappa shape index (κ3) is 3.56.